The Balaban J connectivity index is 1.90. The summed E-state index contributed by atoms with van der Waals surface area (Å²) in [7, 11) is 0. The minimum absolute atomic E-state index is 0.0383. The molecule has 116 valence electrons. The van der Waals surface area contributed by atoms with Crippen LogP contribution in [0.25, 0.3) is 0 Å². The van der Waals surface area contributed by atoms with Crippen LogP contribution in [0, 0.1) is 27.7 Å². The predicted octanol–water partition coefficient (Wildman–Crippen LogP) is 3.62. The lowest BCUT2D eigenvalue weighted by atomic mass is 10.1. The van der Waals surface area contributed by atoms with Crippen molar-refractivity contribution in [3.05, 3.63) is 64.2 Å². The minimum atomic E-state index is -0.109. The zero-order valence-electron chi connectivity index (χ0n) is 13.7. The normalized spacial score (nSPS) is 10.4. The first-order valence-corrected chi connectivity index (χ1v) is 7.49. The van der Waals surface area contributed by atoms with Crippen LogP contribution in [0.5, 0.6) is 5.75 Å². The van der Waals surface area contributed by atoms with Gasteiger partial charge in [-0.1, -0.05) is 42.0 Å². The molecule has 0 aliphatic heterocycles. The molecule has 2 aromatic carbocycles. The van der Waals surface area contributed by atoms with Crippen LogP contribution in [0.1, 0.15) is 27.8 Å². The second-order valence-electron chi connectivity index (χ2n) is 5.72. The van der Waals surface area contributed by atoms with Crippen molar-refractivity contribution in [2.75, 3.05) is 6.61 Å². The minimum Gasteiger partial charge on any atom is -0.483 e. The Morgan fingerprint density at radius 1 is 1.00 bits per heavy atom. The Bertz CT molecular complexity index is 654. The van der Waals surface area contributed by atoms with Gasteiger partial charge in [-0.2, -0.15) is 0 Å². The van der Waals surface area contributed by atoms with Crippen molar-refractivity contribution in [1.82, 2.24) is 5.32 Å². The zero-order chi connectivity index (χ0) is 16.1. The summed E-state index contributed by atoms with van der Waals surface area (Å²) < 4.78 is 5.69. The fourth-order valence-electron chi connectivity index (χ4n) is 2.59. The smallest absolute Gasteiger partial charge is 0.258 e. The van der Waals surface area contributed by atoms with E-state index >= 15 is 0 Å². The van der Waals surface area contributed by atoms with Crippen molar-refractivity contribution >= 4 is 5.91 Å². The van der Waals surface area contributed by atoms with Gasteiger partial charge in [-0.15, -0.1) is 0 Å². The van der Waals surface area contributed by atoms with Gasteiger partial charge in [0.05, 0.1) is 0 Å². The number of amides is 1. The molecule has 0 spiro atoms. The van der Waals surface area contributed by atoms with E-state index in [9.17, 15) is 4.79 Å². The Morgan fingerprint density at radius 3 is 2.27 bits per heavy atom. The number of hydrogen-bond donors (Lipinski definition) is 1. The van der Waals surface area contributed by atoms with Gasteiger partial charge in [0.25, 0.3) is 5.91 Å². The molecule has 0 saturated heterocycles. The second kappa shape index (κ2) is 7.12. The van der Waals surface area contributed by atoms with Crippen LogP contribution in [-0.2, 0) is 11.3 Å². The molecule has 0 fully saturated rings. The summed E-state index contributed by atoms with van der Waals surface area (Å²) in [6.07, 6.45) is 0. The van der Waals surface area contributed by atoms with Gasteiger partial charge in [0.15, 0.2) is 6.61 Å². The highest BCUT2D eigenvalue weighted by Crippen LogP contribution is 2.24. The van der Waals surface area contributed by atoms with Gasteiger partial charge in [-0.05, 0) is 49.9 Å². The van der Waals surface area contributed by atoms with E-state index in [1.165, 1.54) is 11.1 Å². The van der Waals surface area contributed by atoms with Gasteiger partial charge >= 0.3 is 0 Å². The van der Waals surface area contributed by atoms with Crippen molar-refractivity contribution in [3.63, 3.8) is 0 Å². The quantitative estimate of drug-likeness (QED) is 0.915. The van der Waals surface area contributed by atoms with Gasteiger partial charge in [0.1, 0.15) is 5.75 Å². The fraction of sp³-hybridized carbons (Fsp3) is 0.316. The van der Waals surface area contributed by atoms with Crippen LogP contribution in [0.2, 0.25) is 0 Å². The van der Waals surface area contributed by atoms with E-state index < -0.39 is 0 Å². The zero-order valence-corrected chi connectivity index (χ0v) is 13.7. The first-order chi connectivity index (χ1) is 10.5. The number of ether oxygens (including phenoxy) is 1. The summed E-state index contributed by atoms with van der Waals surface area (Å²) in [4.78, 5) is 12.0. The Labute approximate surface area is 132 Å². The molecule has 22 heavy (non-hydrogen) atoms. The van der Waals surface area contributed by atoms with E-state index in [1.54, 1.807) is 0 Å². The molecule has 0 heterocycles. The third-order valence-electron chi connectivity index (χ3n) is 3.69. The van der Waals surface area contributed by atoms with Crippen LogP contribution in [-0.4, -0.2) is 12.5 Å². The van der Waals surface area contributed by atoms with Crippen molar-refractivity contribution in [3.8, 4) is 5.75 Å². The van der Waals surface area contributed by atoms with E-state index in [4.69, 9.17) is 4.74 Å². The first-order valence-electron chi connectivity index (χ1n) is 7.49. The lowest BCUT2D eigenvalue weighted by molar-refractivity contribution is -0.123. The third-order valence-corrected chi connectivity index (χ3v) is 3.69. The lowest BCUT2D eigenvalue weighted by Crippen LogP contribution is -2.28. The molecule has 0 atom stereocenters. The number of nitrogens with one attached hydrogen (secondary N) is 1. The summed E-state index contributed by atoms with van der Waals surface area (Å²) in [5, 5.41) is 2.90. The molecule has 1 N–H and O–H groups in total. The molecule has 0 unspecified atom stereocenters. The van der Waals surface area contributed by atoms with E-state index in [0.29, 0.717) is 6.54 Å². The molecule has 3 heteroatoms. The van der Waals surface area contributed by atoms with E-state index in [1.807, 2.05) is 45.0 Å². The molecule has 2 rings (SSSR count). The van der Waals surface area contributed by atoms with Gasteiger partial charge in [-0.3, -0.25) is 4.79 Å². The summed E-state index contributed by atoms with van der Waals surface area (Å²) in [6.45, 7) is 8.66. The molecular weight excluding hydrogens is 274 g/mol. The second-order valence-corrected chi connectivity index (χ2v) is 5.72. The maximum atomic E-state index is 12.0. The Hall–Kier alpha value is -2.29. The molecule has 0 bridgehead atoms. The molecule has 3 nitrogen and oxygen atoms in total. The van der Waals surface area contributed by atoms with E-state index in [-0.39, 0.29) is 12.5 Å². The molecule has 0 aliphatic carbocycles. The third kappa shape index (κ3) is 4.10. The number of rotatable bonds is 5. The summed E-state index contributed by atoms with van der Waals surface area (Å²) in [5.74, 6) is 0.694. The highest BCUT2D eigenvalue weighted by atomic mass is 16.5. The SMILES string of the molecule is Cc1cc(C)c(OCC(=O)NCc2ccccc2C)c(C)c1. The largest absolute Gasteiger partial charge is 0.483 e. The van der Waals surface area contributed by atoms with Crippen LogP contribution >= 0.6 is 0 Å². The number of benzene rings is 2. The van der Waals surface area contributed by atoms with Crippen molar-refractivity contribution in [2.24, 2.45) is 0 Å². The lowest BCUT2D eigenvalue weighted by Gasteiger charge is -2.13. The standard InChI is InChI=1S/C19H23NO2/c1-13-9-15(3)19(16(4)10-13)22-12-18(21)20-11-17-8-6-5-7-14(17)2/h5-10H,11-12H2,1-4H3,(H,20,21). The topological polar surface area (TPSA) is 38.3 Å². The summed E-state index contributed by atoms with van der Waals surface area (Å²) in [5.41, 5.74) is 5.62. The van der Waals surface area contributed by atoms with Gasteiger partial charge in [0.2, 0.25) is 0 Å². The fourth-order valence-corrected chi connectivity index (χ4v) is 2.59. The van der Waals surface area contributed by atoms with Crippen LogP contribution in [0.15, 0.2) is 36.4 Å². The van der Waals surface area contributed by atoms with Crippen molar-refractivity contribution < 1.29 is 9.53 Å². The molecular formula is C19H23NO2. The average Bonchev–Trinajstić information content (AvgIpc) is 2.45. The molecule has 1 amide bonds. The number of carbonyl (C=O) groups is 1. The molecule has 0 saturated carbocycles. The van der Waals surface area contributed by atoms with Gasteiger partial charge < -0.3 is 10.1 Å². The molecule has 0 aromatic heterocycles. The maximum absolute atomic E-state index is 12.0. The maximum Gasteiger partial charge on any atom is 0.258 e. The van der Waals surface area contributed by atoms with Crippen LogP contribution in [0.4, 0.5) is 0 Å². The Morgan fingerprint density at radius 2 is 1.64 bits per heavy atom. The average molecular weight is 297 g/mol. The number of carbonyl (C=O) groups excluding carboxylic acids is 1. The van der Waals surface area contributed by atoms with E-state index in [0.717, 1.165) is 22.4 Å². The monoisotopic (exact) mass is 297 g/mol. The van der Waals surface area contributed by atoms with Crippen molar-refractivity contribution in [1.29, 1.82) is 0 Å². The van der Waals surface area contributed by atoms with Crippen LogP contribution < -0.4 is 10.1 Å². The number of aryl methyl sites for hydroxylation is 4. The molecule has 2 aromatic rings. The van der Waals surface area contributed by atoms with Crippen LogP contribution in [0.3, 0.4) is 0 Å². The highest BCUT2D eigenvalue weighted by Gasteiger charge is 2.08. The predicted molar refractivity (Wildman–Crippen MR) is 89.2 cm³/mol. The van der Waals surface area contributed by atoms with Gasteiger partial charge in [0, 0.05) is 6.54 Å². The van der Waals surface area contributed by atoms with Crippen molar-refractivity contribution in [2.45, 2.75) is 34.2 Å². The summed E-state index contributed by atoms with van der Waals surface area (Å²) in [6, 6.07) is 12.2. The van der Waals surface area contributed by atoms with E-state index in [2.05, 4.69) is 24.4 Å². The highest BCUT2D eigenvalue weighted by molar-refractivity contribution is 5.77. The van der Waals surface area contributed by atoms with Gasteiger partial charge in [-0.25, -0.2) is 0 Å². The summed E-state index contributed by atoms with van der Waals surface area (Å²) >= 11 is 0. The first kappa shape index (κ1) is 16.1. The Kier molecular flexibility index (Phi) is 5.21. The number of hydrogen-bond acceptors (Lipinski definition) is 2. The molecule has 0 radical (unpaired) electrons. The molecule has 0 aliphatic rings.